The number of carbonyl (C=O) groups excluding carboxylic acids is 2. The Kier molecular flexibility index (Phi) is 5.80. The fourth-order valence-electron chi connectivity index (χ4n) is 2.74. The van der Waals surface area contributed by atoms with Crippen molar-refractivity contribution in [3.63, 3.8) is 0 Å². The number of aromatic nitrogens is 3. The van der Waals surface area contributed by atoms with Crippen molar-refractivity contribution in [3.8, 4) is 0 Å². The highest BCUT2D eigenvalue weighted by atomic mass is 16.6. The summed E-state index contributed by atoms with van der Waals surface area (Å²) in [4.78, 5) is 30.3. The average Bonchev–Trinajstić information content (AvgIpc) is 2.91. The average molecular weight is 337 g/mol. The Morgan fingerprint density at radius 2 is 2.12 bits per heavy atom. The molecule has 0 bridgehead atoms. The van der Waals surface area contributed by atoms with Crippen molar-refractivity contribution in [2.75, 3.05) is 13.1 Å². The van der Waals surface area contributed by atoms with Crippen LogP contribution in [0.4, 0.5) is 4.79 Å². The molecule has 1 unspecified atom stereocenters. The quantitative estimate of drug-likeness (QED) is 0.876. The third-order valence-corrected chi connectivity index (χ3v) is 3.74. The number of nitrogens with zero attached hydrogens (tertiary/aromatic N) is 3. The van der Waals surface area contributed by atoms with Crippen LogP contribution in [0, 0.1) is 6.92 Å². The van der Waals surface area contributed by atoms with Crippen molar-refractivity contribution >= 4 is 12.0 Å². The molecule has 0 aromatic carbocycles. The molecule has 0 radical (unpaired) electrons. The molecule has 1 aromatic rings. The molecular weight excluding hydrogens is 310 g/mol. The van der Waals surface area contributed by atoms with Gasteiger partial charge in [0.1, 0.15) is 11.4 Å². The number of H-pyrrole nitrogens is 1. The van der Waals surface area contributed by atoms with Gasteiger partial charge in [-0.1, -0.05) is 0 Å². The van der Waals surface area contributed by atoms with E-state index in [-0.39, 0.29) is 24.9 Å². The third-order valence-electron chi connectivity index (χ3n) is 3.74. The molecule has 8 heteroatoms. The topological polar surface area (TPSA) is 100 Å². The van der Waals surface area contributed by atoms with Crippen LogP contribution in [0.3, 0.4) is 0 Å². The monoisotopic (exact) mass is 337 g/mol. The molecule has 2 amide bonds. The van der Waals surface area contributed by atoms with Crippen molar-refractivity contribution < 1.29 is 14.3 Å². The normalized spacial score (nSPS) is 18.3. The number of hydrogen-bond acceptors (Lipinski definition) is 5. The Labute approximate surface area is 142 Å². The molecule has 24 heavy (non-hydrogen) atoms. The van der Waals surface area contributed by atoms with Gasteiger partial charge in [-0.25, -0.2) is 9.78 Å². The van der Waals surface area contributed by atoms with Crippen molar-refractivity contribution in [2.45, 2.75) is 65.0 Å². The molecule has 1 saturated heterocycles. The molecule has 2 rings (SSSR count). The van der Waals surface area contributed by atoms with Gasteiger partial charge in [0, 0.05) is 19.5 Å². The summed E-state index contributed by atoms with van der Waals surface area (Å²) in [6.07, 6.45) is 2.63. The minimum Gasteiger partial charge on any atom is -0.444 e. The van der Waals surface area contributed by atoms with E-state index in [0.29, 0.717) is 12.4 Å². The van der Waals surface area contributed by atoms with Crippen LogP contribution < -0.4 is 5.32 Å². The lowest BCUT2D eigenvalue weighted by molar-refractivity contribution is -0.135. The SMILES string of the molecule is Cc1nc(C2CCCCN2C(=O)CCNC(=O)OC(C)(C)C)n[nH]1. The molecule has 1 aromatic heterocycles. The lowest BCUT2D eigenvalue weighted by Crippen LogP contribution is -2.41. The summed E-state index contributed by atoms with van der Waals surface area (Å²) in [7, 11) is 0. The molecular formula is C16H27N5O3. The minimum absolute atomic E-state index is 0.00166. The van der Waals surface area contributed by atoms with E-state index in [9.17, 15) is 9.59 Å². The first-order valence-electron chi connectivity index (χ1n) is 8.41. The van der Waals surface area contributed by atoms with Gasteiger partial charge in [-0.2, -0.15) is 5.10 Å². The molecule has 0 saturated carbocycles. The van der Waals surface area contributed by atoms with Crippen LogP contribution >= 0.6 is 0 Å². The first-order chi connectivity index (χ1) is 11.3. The number of aryl methyl sites for hydroxylation is 1. The van der Waals surface area contributed by atoms with E-state index in [1.54, 1.807) is 20.8 Å². The number of alkyl carbamates (subject to hydrolysis) is 1. The van der Waals surface area contributed by atoms with E-state index in [1.165, 1.54) is 0 Å². The van der Waals surface area contributed by atoms with Gasteiger partial charge in [0.2, 0.25) is 5.91 Å². The van der Waals surface area contributed by atoms with Crippen LogP contribution in [0.1, 0.15) is 64.1 Å². The predicted molar refractivity (Wildman–Crippen MR) is 88.3 cm³/mol. The van der Waals surface area contributed by atoms with Crippen LogP contribution in [0.2, 0.25) is 0 Å². The summed E-state index contributed by atoms with van der Waals surface area (Å²) in [5.41, 5.74) is -0.546. The van der Waals surface area contributed by atoms with Gasteiger partial charge in [-0.15, -0.1) is 0 Å². The predicted octanol–water partition coefficient (Wildman–Crippen LogP) is 2.08. The zero-order chi connectivity index (χ0) is 17.7. The third kappa shape index (κ3) is 5.21. The molecule has 8 nitrogen and oxygen atoms in total. The summed E-state index contributed by atoms with van der Waals surface area (Å²) >= 11 is 0. The van der Waals surface area contributed by atoms with Gasteiger partial charge in [-0.05, 0) is 47.0 Å². The van der Waals surface area contributed by atoms with Crippen LogP contribution in [-0.4, -0.2) is 50.8 Å². The minimum atomic E-state index is -0.546. The number of ether oxygens (including phenoxy) is 1. The maximum atomic E-state index is 12.5. The van der Waals surface area contributed by atoms with E-state index in [1.807, 2.05) is 11.8 Å². The molecule has 1 fully saturated rings. The number of rotatable bonds is 4. The maximum Gasteiger partial charge on any atom is 0.407 e. The summed E-state index contributed by atoms with van der Waals surface area (Å²) < 4.78 is 5.16. The van der Waals surface area contributed by atoms with E-state index in [0.717, 1.165) is 25.1 Å². The van der Waals surface area contributed by atoms with Gasteiger partial charge in [0.15, 0.2) is 5.82 Å². The largest absolute Gasteiger partial charge is 0.444 e. The van der Waals surface area contributed by atoms with Crippen LogP contribution in [0.15, 0.2) is 0 Å². The van der Waals surface area contributed by atoms with Gasteiger partial charge >= 0.3 is 6.09 Å². The second-order valence-electron chi connectivity index (χ2n) is 7.06. The van der Waals surface area contributed by atoms with E-state index < -0.39 is 11.7 Å². The van der Waals surface area contributed by atoms with Crippen LogP contribution in [0.25, 0.3) is 0 Å². The summed E-state index contributed by atoms with van der Waals surface area (Å²) in [6, 6.07) is -0.0854. The number of nitrogens with one attached hydrogen (secondary N) is 2. The highest BCUT2D eigenvalue weighted by Gasteiger charge is 2.30. The highest BCUT2D eigenvalue weighted by molar-refractivity contribution is 5.77. The fourth-order valence-corrected chi connectivity index (χ4v) is 2.74. The molecule has 1 atom stereocenters. The zero-order valence-electron chi connectivity index (χ0n) is 14.9. The molecule has 0 spiro atoms. The lowest BCUT2D eigenvalue weighted by atomic mass is 10.0. The fraction of sp³-hybridized carbons (Fsp3) is 0.750. The Morgan fingerprint density at radius 1 is 1.38 bits per heavy atom. The Morgan fingerprint density at radius 3 is 2.75 bits per heavy atom. The van der Waals surface area contributed by atoms with Crippen LogP contribution in [0.5, 0.6) is 0 Å². The highest BCUT2D eigenvalue weighted by Crippen LogP contribution is 2.29. The summed E-state index contributed by atoms with van der Waals surface area (Å²) in [6.45, 7) is 8.20. The summed E-state index contributed by atoms with van der Waals surface area (Å²) in [5, 5.41) is 9.66. The summed E-state index contributed by atoms with van der Waals surface area (Å²) in [5.74, 6) is 1.41. The number of piperidine rings is 1. The van der Waals surface area contributed by atoms with Gasteiger partial charge in [0.05, 0.1) is 6.04 Å². The van der Waals surface area contributed by atoms with Crippen molar-refractivity contribution in [1.82, 2.24) is 25.4 Å². The second kappa shape index (κ2) is 7.63. The van der Waals surface area contributed by atoms with E-state index in [4.69, 9.17) is 4.74 Å². The Bertz CT molecular complexity index is 579. The standard InChI is InChI=1S/C16H27N5O3/c1-11-18-14(20-19-11)12-7-5-6-10-21(12)13(22)8-9-17-15(23)24-16(2,3)4/h12H,5-10H2,1-4H3,(H,17,23)(H,18,19,20). The Hall–Kier alpha value is -2.12. The zero-order valence-corrected chi connectivity index (χ0v) is 14.9. The van der Waals surface area contributed by atoms with Crippen molar-refractivity contribution in [2.24, 2.45) is 0 Å². The second-order valence-corrected chi connectivity index (χ2v) is 7.06. The molecule has 1 aliphatic rings. The number of carbonyl (C=O) groups is 2. The van der Waals surface area contributed by atoms with Crippen LogP contribution in [-0.2, 0) is 9.53 Å². The van der Waals surface area contributed by atoms with E-state index in [2.05, 4.69) is 20.5 Å². The van der Waals surface area contributed by atoms with Crippen molar-refractivity contribution in [1.29, 1.82) is 0 Å². The van der Waals surface area contributed by atoms with Gasteiger partial charge < -0.3 is 15.0 Å². The van der Waals surface area contributed by atoms with Crippen molar-refractivity contribution in [3.05, 3.63) is 11.6 Å². The molecule has 2 N–H and O–H groups in total. The molecule has 1 aliphatic heterocycles. The number of likely N-dealkylation sites (tertiary alicyclic amines) is 1. The first kappa shape index (κ1) is 18.2. The Balaban J connectivity index is 1.87. The molecule has 134 valence electrons. The molecule has 0 aliphatic carbocycles. The number of hydrogen-bond donors (Lipinski definition) is 2. The van der Waals surface area contributed by atoms with Gasteiger partial charge in [-0.3, -0.25) is 9.89 Å². The smallest absolute Gasteiger partial charge is 0.407 e. The first-order valence-corrected chi connectivity index (χ1v) is 8.41. The van der Waals surface area contributed by atoms with E-state index >= 15 is 0 Å². The number of aromatic amines is 1. The van der Waals surface area contributed by atoms with Gasteiger partial charge in [0.25, 0.3) is 0 Å². The lowest BCUT2D eigenvalue weighted by Gasteiger charge is -2.34. The molecule has 2 heterocycles. The maximum absolute atomic E-state index is 12.5. The number of amides is 2.